The Hall–Kier alpha value is 0.690. The van der Waals surface area contributed by atoms with Crippen LogP contribution in [0.2, 0.25) is 0 Å². The van der Waals surface area contributed by atoms with Crippen LogP contribution in [0.5, 0.6) is 0 Å². The average Bonchev–Trinajstić information content (AvgIpc) is 2.10. The molecule has 0 aromatic heterocycles. The van der Waals surface area contributed by atoms with E-state index in [0.29, 0.717) is 25.7 Å². The van der Waals surface area contributed by atoms with Crippen LogP contribution in [0.3, 0.4) is 0 Å². The minimum atomic E-state index is 0.559. The predicted octanol–water partition coefficient (Wildman–Crippen LogP) is 2.43. The Bertz CT molecular complexity index is 73.5. The third-order valence-corrected chi connectivity index (χ3v) is 1.98. The molecule has 0 aliphatic rings. The van der Waals surface area contributed by atoms with Crippen LogP contribution in [0.4, 0.5) is 0 Å². The van der Waals surface area contributed by atoms with E-state index in [-0.39, 0.29) is 0 Å². The van der Waals surface area contributed by atoms with Crippen LogP contribution in [-0.4, -0.2) is 37.6 Å². The van der Waals surface area contributed by atoms with Crippen LogP contribution in [0.25, 0.3) is 0 Å². The number of ether oxygens (including phenoxy) is 2. The third-order valence-electron chi connectivity index (χ3n) is 1.27. The Morgan fingerprint density at radius 3 is 2.17 bits per heavy atom. The summed E-state index contributed by atoms with van der Waals surface area (Å²) in [7, 11) is 0. The van der Waals surface area contributed by atoms with Gasteiger partial charge in [-0.15, -0.1) is 11.6 Å². The maximum atomic E-state index is 5.41. The molecule has 0 saturated heterocycles. The van der Waals surface area contributed by atoms with Gasteiger partial charge in [0.2, 0.25) is 0 Å². The standard InChI is InChI=1S/C8H16BrClO2/c9-3-1-2-5-11-7-8-12-6-4-10/h1-8H2. The molecule has 0 aliphatic carbocycles. The second-order valence-electron chi connectivity index (χ2n) is 2.31. The van der Waals surface area contributed by atoms with Crippen molar-refractivity contribution in [2.75, 3.05) is 37.6 Å². The summed E-state index contributed by atoms with van der Waals surface area (Å²) in [5.74, 6) is 0.559. The van der Waals surface area contributed by atoms with Crippen molar-refractivity contribution in [3.63, 3.8) is 0 Å². The van der Waals surface area contributed by atoms with E-state index in [9.17, 15) is 0 Å². The first-order valence-electron chi connectivity index (χ1n) is 4.19. The van der Waals surface area contributed by atoms with Gasteiger partial charge < -0.3 is 9.47 Å². The molecule has 0 N–H and O–H groups in total. The lowest BCUT2D eigenvalue weighted by atomic mass is 10.4. The zero-order valence-electron chi connectivity index (χ0n) is 7.23. The van der Waals surface area contributed by atoms with Crippen LogP contribution in [0.1, 0.15) is 12.8 Å². The van der Waals surface area contributed by atoms with Crippen molar-refractivity contribution in [2.24, 2.45) is 0 Å². The van der Waals surface area contributed by atoms with Gasteiger partial charge in [-0.2, -0.15) is 0 Å². The summed E-state index contributed by atoms with van der Waals surface area (Å²) in [6.07, 6.45) is 2.28. The summed E-state index contributed by atoms with van der Waals surface area (Å²) < 4.78 is 10.4. The van der Waals surface area contributed by atoms with Crippen molar-refractivity contribution in [1.82, 2.24) is 0 Å². The van der Waals surface area contributed by atoms with E-state index >= 15 is 0 Å². The Labute approximate surface area is 87.7 Å². The largest absolute Gasteiger partial charge is 0.379 e. The van der Waals surface area contributed by atoms with E-state index in [2.05, 4.69) is 15.9 Å². The fourth-order valence-corrected chi connectivity index (χ4v) is 1.18. The minimum absolute atomic E-state index is 0.559. The van der Waals surface area contributed by atoms with Crippen molar-refractivity contribution < 1.29 is 9.47 Å². The molecule has 0 unspecified atom stereocenters. The van der Waals surface area contributed by atoms with Crippen LogP contribution >= 0.6 is 27.5 Å². The molecule has 0 radical (unpaired) electrons. The Morgan fingerprint density at radius 2 is 1.58 bits per heavy atom. The molecule has 0 atom stereocenters. The maximum absolute atomic E-state index is 5.41. The van der Waals surface area contributed by atoms with E-state index in [1.165, 1.54) is 6.42 Å². The molecule has 0 aliphatic heterocycles. The fraction of sp³-hybridized carbons (Fsp3) is 1.00. The van der Waals surface area contributed by atoms with Gasteiger partial charge in [0.25, 0.3) is 0 Å². The highest BCUT2D eigenvalue weighted by Gasteiger charge is 1.89. The molecule has 0 saturated carbocycles. The topological polar surface area (TPSA) is 18.5 Å². The molecule has 0 heterocycles. The quantitative estimate of drug-likeness (QED) is 0.468. The molecule has 0 bridgehead atoms. The van der Waals surface area contributed by atoms with Crippen molar-refractivity contribution >= 4 is 27.5 Å². The number of halogens is 2. The highest BCUT2D eigenvalue weighted by atomic mass is 79.9. The number of hydrogen-bond acceptors (Lipinski definition) is 2. The lowest BCUT2D eigenvalue weighted by molar-refractivity contribution is 0.0525. The van der Waals surface area contributed by atoms with Crippen molar-refractivity contribution in [3.05, 3.63) is 0 Å². The van der Waals surface area contributed by atoms with Crippen LogP contribution in [0.15, 0.2) is 0 Å². The van der Waals surface area contributed by atoms with Gasteiger partial charge in [0.15, 0.2) is 0 Å². The van der Waals surface area contributed by atoms with E-state index in [1.807, 2.05) is 0 Å². The molecule has 0 spiro atoms. The number of alkyl halides is 2. The van der Waals surface area contributed by atoms with Crippen molar-refractivity contribution in [3.8, 4) is 0 Å². The first-order valence-corrected chi connectivity index (χ1v) is 5.85. The maximum Gasteiger partial charge on any atom is 0.0701 e. The van der Waals surface area contributed by atoms with Gasteiger partial charge in [-0.25, -0.2) is 0 Å². The zero-order valence-corrected chi connectivity index (χ0v) is 9.57. The summed E-state index contributed by atoms with van der Waals surface area (Å²) in [5, 5.41) is 1.05. The van der Waals surface area contributed by atoms with E-state index in [0.717, 1.165) is 18.4 Å². The summed E-state index contributed by atoms with van der Waals surface area (Å²) >= 11 is 8.77. The van der Waals surface area contributed by atoms with Crippen LogP contribution in [0, 0.1) is 0 Å². The fourth-order valence-electron chi connectivity index (χ4n) is 0.675. The molecule has 12 heavy (non-hydrogen) atoms. The molecular formula is C8H16BrClO2. The number of unbranched alkanes of at least 4 members (excludes halogenated alkanes) is 1. The second kappa shape index (κ2) is 11.7. The minimum Gasteiger partial charge on any atom is -0.379 e. The SMILES string of the molecule is ClCCOCCOCCCCBr. The second-order valence-corrected chi connectivity index (χ2v) is 3.48. The number of rotatable bonds is 9. The van der Waals surface area contributed by atoms with Gasteiger partial charge in [0.1, 0.15) is 0 Å². The van der Waals surface area contributed by atoms with Gasteiger partial charge in [0, 0.05) is 17.8 Å². The molecule has 0 aromatic rings. The first-order chi connectivity index (χ1) is 5.91. The van der Waals surface area contributed by atoms with Gasteiger partial charge in [-0.3, -0.25) is 0 Å². The van der Waals surface area contributed by atoms with Crippen molar-refractivity contribution in [2.45, 2.75) is 12.8 Å². The summed E-state index contributed by atoms with van der Waals surface area (Å²) in [4.78, 5) is 0. The van der Waals surface area contributed by atoms with Gasteiger partial charge in [-0.05, 0) is 12.8 Å². The highest BCUT2D eigenvalue weighted by molar-refractivity contribution is 9.09. The van der Waals surface area contributed by atoms with Crippen LogP contribution in [-0.2, 0) is 9.47 Å². The zero-order chi connectivity index (χ0) is 9.07. The molecule has 0 aromatic carbocycles. The average molecular weight is 260 g/mol. The van der Waals surface area contributed by atoms with Crippen LogP contribution < -0.4 is 0 Å². The highest BCUT2D eigenvalue weighted by Crippen LogP contribution is 1.93. The summed E-state index contributed by atoms with van der Waals surface area (Å²) in [5.41, 5.74) is 0. The molecule has 0 amide bonds. The monoisotopic (exact) mass is 258 g/mol. The molecule has 74 valence electrons. The first kappa shape index (κ1) is 12.7. The number of hydrogen-bond donors (Lipinski definition) is 0. The third kappa shape index (κ3) is 10.7. The van der Waals surface area contributed by atoms with Gasteiger partial charge in [-0.1, -0.05) is 15.9 Å². The Balaban J connectivity index is 2.73. The molecule has 0 rings (SSSR count). The van der Waals surface area contributed by atoms with Gasteiger partial charge >= 0.3 is 0 Å². The molecule has 4 heteroatoms. The lowest BCUT2D eigenvalue weighted by Gasteiger charge is -2.03. The van der Waals surface area contributed by atoms with E-state index < -0.39 is 0 Å². The van der Waals surface area contributed by atoms with E-state index in [1.54, 1.807) is 0 Å². The summed E-state index contributed by atoms with van der Waals surface area (Å²) in [6.45, 7) is 2.78. The predicted molar refractivity (Wildman–Crippen MR) is 55.4 cm³/mol. The smallest absolute Gasteiger partial charge is 0.0701 e. The Morgan fingerprint density at radius 1 is 0.917 bits per heavy atom. The van der Waals surface area contributed by atoms with Crippen molar-refractivity contribution in [1.29, 1.82) is 0 Å². The summed E-state index contributed by atoms with van der Waals surface area (Å²) in [6, 6.07) is 0. The van der Waals surface area contributed by atoms with E-state index in [4.69, 9.17) is 21.1 Å². The van der Waals surface area contributed by atoms with Gasteiger partial charge in [0.05, 0.1) is 19.8 Å². The normalized spacial score (nSPS) is 10.5. The molecule has 0 fully saturated rings. The lowest BCUT2D eigenvalue weighted by Crippen LogP contribution is -2.06. The molecule has 2 nitrogen and oxygen atoms in total. The molecular weight excluding hydrogens is 243 g/mol. The Kier molecular flexibility index (Phi) is 12.4.